The Kier molecular flexibility index (Phi) is 3.93. The molecule has 1 aliphatic heterocycles. The van der Waals surface area contributed by atoms with Crippen LogP contribution in [0.3, 0.4) is 0 Å². The molecule has 0 aliphatic carbocycles. The highest BCUT2D eigenvalue weighted by atomic mass is 35.5. The fourth-order valence-corrected chi connectivity index (χ4v) is 2.38. The third kappa shape index (κ3) is 3.03. The summed E-state index contributed by atoms with van der Waals surface area (Å²) in [5.74, 6) is 0.447. The number of halogens is 1. The summed E-state index contributed by atoms with van der Waals surface area (Å²) in [6, 6.07) is 5.13. The van der Waals surface area contributed by atoms with Gasteiger partial charge in [-0.1, -0.05) is 17.7 Å². The van der Waals surface area contributed by atoms with Crippen LogP contribution < -0.4 is 4.74 Å². The SMILES string of the molecule is CC1(C)CCC(COc2c(Cl)cccc2C=O)O1. The van der Waals surface area contributed by atoms with Gasteiger partial charge in [-0.25, -0.2) is 0 Å². The molecule has 0 saturated carbocycles. The summed E-state index contributed by atoms with van der Waals surface area (Å²) < 4.78 is 11.5. The quantitative estimate of drug-likeness (QED) is 0.784. The second-order valence-corrected chi connectivity index (χ2v) is 5.53. The van der Waals surface area contributed by atoms with Crippen molar-refractivity contribution in [3.63, 3.8) is 0 Å². The number of benzene rings is 1. The van der Waals surface area contributed by atoms with E-state index in [-0.39, 0.29) is 11.7 Å². The van der Waals surface area contributed by atoms with Gasteiger partial charge in [0.1, 0.15) is 12.4 Å². The molecule has 0 N–H and O–H groups in total. The van der Waals surface area contributed by atoms with Crippen molar-refractivity contribution in [1.29, 1.82) is 0 Å². The largest absolute Gasteiger partial charge is 0.489 e. The fourth-order valence-electron chi connectivity index (χ4n) is 2.14. The maximum Gasteiger partial charge on any atom is 0.153 e. The van der Waals surface area contributed by atoms with Gasteiger partial charge in [0.25, 0.3) is 0 Å². The summed E-state index contributed by atoms with van der Waals surface area (Å²) in [5.41, 5.74) is 0.391. The monoisotopic (exact) mass is 268 g/mol. The van der Waals surface area contributed by atoms with Crippen LogP contribution in [0.5, 0.6) is 5.75 Å². The van der Waals surface area contributed by atoms with Crippen LogP contribution in [0.1, 0.15) is 37.0 Å². The van der Waals surface area contributed by atoms with Gasteiger partial charge >= 0.3 is 0 Å². The third-order valence-corrected chi connectivity index (χ3v) is 3.39. The maximum atomic E-state index is 10.9. The highest BCUT2D eigenvalue weighted by Crippen LogP contribution is 2.32. The van der Waals surface area contributed by atoms with E-state index in [1.165, 1.54) is 0 Å². The van der Waals surface area contributed by atoms with Gasteiger partial charge in [-0.05, 0) is 38.8 Å². The molecule has 1 atom stereocenters. The minimum absolute atomic E-state index is 0.0655. The lowest BCUT2D eigenvalue weighted by Gasteiger charge is -2.20. The highest BCUT2D eigenvalue weighted by molar-refractivity contribution is 6.32. The topological polar surface area (TPSA) is 35.5 Å². The van der Waals surface area contributed by atoms with Crippen molar-refractivity contribution in [2.75, 3.05) is 6.61 Å². The van der Waals surface area contributed by atoms with E-state index in [4.69, 9.17) is 21.1 Å². The number of para-hydroxylation sites is 1. The van der Waals surface area contributed by atoms with E-state index in [1.54, 1.807) is 18.2 Å². The lowest BCUT2D eigenvalue weighted by molar-refractivity contribution is -0.0327. The molecule has 1 heterocycles. The zero-order valence-electron chi connectivity index (χ0n) is 10.6. The minimum Gasteiger partial charge on any atom is -0.489 e. The molecule has 1 aromatic carbocycles. The van der Waals surface area contributed by atoms with Crippen molar-refractivity contribution in [2.45, 2.75) is 38.4 Å². The summed E-state index contributed by atoms with van der Waals surface area (Å²) in [5, 5.41) is 0.455. The van der Waals surface area contributed by atoms with Gasteiger partial charge in [0, 0.05) is 0 Å². The van der Waals surface area contributed by atoms with Crippen molar-refractivity contribution >= 4 is 17.9 Å². The Morgan fingerprint density at radius 3 is 2.94 bits per heavy atom. The standard InChI is InChI=1S/C14H17ClO3/c1-14(2)7-6-11(18-14)9-17-13-10(8-16)4-3-5-12(13)15/h3-5,8,11H,6-7,9H2,1-2H3. The Morgan fingerprint density at radius 2 is 2.33 bits per heavy atom. The number of aldehydes is 1. The van der Waals surface area contributed by atoms with Gasteiger partial charge in [0.2, 0.25) is 0 Å². The summed E-state index contributed by atoms with van der Waals surface area (Å²) in [7, 11) is 0. The van der Waals surface area contributed by atoms with Gasteiger partial charge < -0.3 is 9.47 Å². The van der Waals surface area contributed by atoms with E-state index in [0.717, 1.165) is 19.1 Å². The molecule has 1 unspecified atom stereocenters. The molecule has 3 nitrogen and oxygen atoms in total. The Morgan fingerprint density at radius 1 is 1.56 bits per heavy atom. The second-order valence-electron chi connectivity index (χ2n) is 5.13. The third-order valence-electron chi connectivity index (χ3n) is 3.09. The summed E-state index contributed by atoms with van der Waals surface area (Å²) in [4.78, 5) is 10.9. The van der Waals surface area contributed by atoms with Crippen LogP contribution in [-0.4, -0.2) is 24.6 Å². The van der Waals surface area contributed by atoms with Crippen LogP contribution in [0.25, 0.3) is 0 Å². The van der Waals surface area contributed by atoms with Crippen molar-refractivity contribution in [2.24, 2.45) is 0 Å². The normalized spacial score (nSPS) is 21.8. The molecule has 1 aromatic rings. The Hall–Kier alpha value is -1.06. The van der Waals surface area contributed by atoms with Gasteiger partial charge in [-0.15, -0.1) is 0 Å². The number of carbonyl (C=O) groups is 1. The molecule has 0 radical (unpaired) electrons. The fraction of sp³-hybridized carbons (Fsp3) is 0.500. The molecule has 1 fully saturated rings. The molecule has 18 heavy (non-hydrogen) atoms. The highest BCUT2D eigenvalue weighted by Gasteiger charge is 2.32. The van der Waals surface area contributed by atoms with Crippen LogP contribution in [0.15, 0.2) is 18.2 Å². The van der Waals surface area contributed by atoms with Crippen molar-refractivity contribution < 1.29 is 14.3 Å². The van der Waals surface area contributed by atoms with Crippen molar-refractivity contribution in [3.05, 3.63) is 28.8 Å². The first-order chi connectivity index (χ1) is 8.52. The number of ether oxygens (including phenoxy) is 2. The summed E-state index contributed by atoms with van der Waals surface area (Å²) in [6.07, 6.45) is 2.80. The molecule has 0 aromatic heterocycles. The lowest BCUT2D eigenvalue weighted by atomic mass is 10.1. The molecule has 0 spiro atoms. The molecule has 0 amide bonds. The first-order valence-electron chi connectivity index (χ1n) is 6.06. The minimum atomic E-state index is -0.0814. The summed E-state index contributed by atoms with van der Waals surface area (Å²) >= 11 is 6.02. The second kappa shape index (κ2) is 5.29. The molecular formula is C14H17ClO3. The molecule has 0 bridgehead atoms. The van der Waals surface area contributed by atoms with Crippen molar-refractivity contribution in [1.82, 2.24) is 0 Å². The van der Waals surface area contributed by atoms with Crippen LogP contribution in [-0.2, 0) is 4.74 Å². The lowest BCUT2D eigenvalue weighted by Crippen LogP contribution is -2.24. The zero-order chi connectivity index (χ0) is 13.2. The number of carbonyl (C=O) groups excluding carboxylic acids is 1. The zero-order valence-corrected chi connectivity index (χ0v) is 11.4. The Bertz CT molecular complexity index is 443. The molecule has 4 heteroatoms. The average Bonchev–Trinajstić information content (AvgIpc) is 2.67. The van der Waals surface area contributed by atoms with E-state index < -0.39 is 0 Å². The van der Waals surface area contributed by atoms with Crippen LogP contribution >= 0.6 is 11.6 Å². The number of hydrogen-bond donors (Lipinski definition) is 0. The first-order valence-corrected chi connectivity index (χ1v) is 6.44. The van der Waals surface area contributed by atoms with Gasteiger partial charge in [0.05, 0.1) is 22.3 Å². The van der Waals surface area contributed by atoms with E-state index in [0.29, 0.717) is 22.9 Å². The van der Waals surface area contributed by atoms with Gasteiger partial charge in [-0.2, -0.15) is 0 Å². The molecule has 1 saturated heterocycles. The van der Waals surface area contributed by atoms with Crippen LogP contribution in [0.4, 0.5) is 0 Å². The number of rotatable bonds is 4. The maximum absolute atomic E-state index is 10.9. The van der Waals surface area contributed by atoms with E-state index in [9.17, 15) is 4.79 Å². The molecular weight excluding hydrogens is 252 g/mol. The predicted molar refractivity (Wildman–Crippen MR) is 70.5 cm³/mol. The van der Waals surface area contributed by atoms with Gasteiger partial charge in [0.15, 0.2) is 6.29 Å². The van der Waals surface area contributed by atoms with Gasteiger partial charge in [-0.3, -0.25) is 4.79 Å². The van der Waals surface area contributed by atoms with Crippen LogP contribution in [0, 0.1) is 0 Å². The van der Waals surface area contributed by atoms with E-state index >= 15 is 0 Å². The van der Waals surface area contributed by atoms with Crippen molar-refractivity contribution in [3.8, 4) is 5.75 Å². The molecule has 1 aliphatic rings. The molecule has 2 rings (SSSR count). The van der Waals surface area contributed by atoms with E-state index in [2.05, 4.69) is 13.8 Å². The smallest absolute Gasteiger partial charge is 0.153 e. The average molecular weight is 269 g/mol. The van der Waals surface area contributed by atoms with Crippen LogP contribution in [0.2, 0.25) is 5.02 Å². The first kappa shape index (κ1) is 13.4. The Labute approximate surface area is 112 Å². The number of hydrogen-bond acceptors (Lipinski definition) is 3. The predicted octanol–water partition coefficient (Wildman–Crippen LogP) is 3.49. The van der Waals surface area contributed by atoms with E-state index in [1.807, 2.05) is 0 Å². The molecule has 98 valence electrons. The summed E-state index contributed by atoms with van der Waals surface area (Å²) in [6.45, 7) is 4.56. The Balaban J connectivity index is 2.01.